The molecule has 4 rings (SSSR count). The van der Waals surface area contributed by atoms with E-state index in [2.05, 4.69) is 16.8 Å². The van der Waals surface area contributed by atoms with Gasteiger partial charge < -0.3 is 10.2 Å². The zero-order valence-electron chi connectivity index (χ0n) is 20.4. The van der Waals surface area contributed by atoms with Crippen LogP contribution in [0.25, 0.3) is 0 Å². The number of nitriles is 1. The van der Waals surface area contributed by atoms with Crippen molar-refractivity contribution in [3.8, 4) is 6.07 Å². The summed E-state index contributed by atoms with van der Waals surface area (Å²) in [4.78, 5) is 27.0. The summed E-state index contributed by atoms with van der Waals surface area (Å²) in [5.41, 5.74) is 7.19. The van der Waals surface area contributed by atoms with Gasteiger partial charge in [0.1, 0.15) is 0 Å². The van der Waals surface area contributed by atoms with Gasteiger partial charge in [0.2, 0.25) is 5.91 Å². The maximum atomic E-state index is 12.9. The Balaban J connectivity index is 0.00000167. The number of hydrogen-bond acceptors (Lipinski definition) is 4. The van der Waals surface area contributed by atoms with E-state index < -0.39 is 6.03 Å². The quantitative estimate of drug-likeness (QED) is 0.430. The number of aryl methyl sites for hydroxylation is 1. The Morgan fingerprint density at radius 2 is 1.71 bits per heavy atom. The number of amides is 3. The molecule has 7 heteroatoms. The minimum atomic E-state index is -0.428. The van der Waals surface area contributed by atoms with Gasteiger partial charge in [-0.25, -0.2) is 10.2 Å². The van der Waals surface area contributed by atoms with Gasteiger partial charge in [-0.2, -0.15) is 5.26 Å². The van der Waals surface area contributed by atoms with E-state index in [0.29, 0.717) is 23.4 Å². The molecule has 3 amide bonds. The topological polar surface area (TPSA) is 88.5 Å². The molecule has 1 heterocycles. The summed E-state index contributed by atoms with van der Waals surface area (Å²) in [5, 5.41) is 13.7. The van der Waals surface area contributed by atoms with Crippen molar-refractivity contribution in [2.75, 3.05) is 21.8 Å². The standard InChI is InChI=1S/C26H25N5O2.C2H6/c1-19-16-21(13-14-24(19)30-15-6-5-12-25(30)32)28-26(33)29-31(22-9-3-2-4-10-22)23-11-7-8-20(17-23)18-27;1-2/h2-4,7-11,13-14,16-17H,5-6,12,15H2,1H3,(H2,28,29,33);1-2H3. The first-order chi connectivity index (χ1) is 17.0. The first-order valence-electron chi connectivity index (χ1n) is 11.9. The second kappa shape index (κ2) is 12.2. The second-order valence-electron chi connectivity index (χ2n) is 7.90. The molecule has 0 unspecified atom stereocenters. The summed E-state index contributed by atoms with van der Waals surface area (Å²) in [5.74, 6) is 0.140. The third-order valence-corrected chi connectivity index (χ3v) is 5.53. The molecule has 2 N–H and O–H groups in total. The number of para-hydroxylation sites is 1. The molecule has 1 aliphatic heterocycles. The van der Waals surface area contributed by atoms with Crippen molar-refractivity contribution in [1.29, 1.82) is 5.26 Å². The molecule has 1 fully saturated rings. The van der Waals surface area contributed by atoms with Crippen molar-refractivity contribution in [2.24, 2.45) is 0 Å². The Hall–Kier alpha value is -4.31. The van der Waals surface area contributed by atoms with E-state index in [0.717, 1.165) is 36.3 Å². The predicted octanol–water partition coefficient (Wildman–Crippen LogP) is 6.28. The number of hydrogen-bond donors (Lipinski definition) is 2. The van der Waals surface area contributed by atoms with E-state index in [4.69, 9.17) is 0 Å². The smallest absolute Gasteiger partial charge is 0.312 e. The van der Waals surface area contributed by atoms with Crippen molar-refractivity contribution in [3.63, 3.8) is 0 Å². The number of hydrazine groups is 1. The first-order valence-corrected chi connectivity index (χ1v) is 11.9. The van der Waals surface area contributed by atoms with Gasteiger partial charge in [0.25, 0.3) is 0 Å². The molecule has 0 saturated carbocycles. The third kappa shape index (κ3) is 6.39. The number of urea groups is 1. The van der Waals surface area contributed by atoms with Gasteiger partial charge in [0.15, 0.2) is 0 Å². The van der Waals surface area contributed by atoms with Gasteiger partial charge >= 0.3 is 6.03 Å². The van der Waals surface area contributed by atoms with Gasteiger partial charge in [-0.15, -0.1) is 0 Å². The average molecular weight is 470 g/mol. The molecule has 180 valence electrons. The average Bonchev–Trinajstić information content (AvgIpc) is 2.90. The van der Waals surface area contributed by atoms with Crippen molar-refractivity contribution >= 4 is 34.7 Å². The molecular formula is C28H31N5O2. The van der Waals surface area contributed by atoms with Crippen LogP contribution in [0, 0.1) is 18.3 Å². The van der Waals surface area contributed by atoms with Crippen LogP contribution in [0.5, 0.6) is 0 Å². The molecule has 0 bridgehead atoms. The lowest BCUT2D eigenvalue weighted by molar-refractivity contribution is -0.119. The fourth-order valence-electron chi connectivity index (χ4n) is 3.93. The highest BCUT2D eigenvalue weighted by molar-refractivity contribution is 5.96. The van der Waals surface area contributed by atoms with Crippen LogP contribution in [-0.2, 0) is 4.79 Å². The van der Waals surface area contributed by atoms with E-state index >= 15 is 0 Å². The Bertz CT molecular complexity index is 1200. The van der Waals surface area contributed by atoms with Crippen LogP contribution in [-0.4, -0.2) is 18.5 Å². The van der Waals surface area contributed by atoms with Crippen LogP contribution >= 0.6 is 0 Å². The number of benzene rings is 3. The van der Waals surface area contributed by atoms with Gasteiger partial charge in [0.05, 0.1) is 23.0 Å². The Morgan fingerprint density at radius 3 is 2.40 bits per heavy atom. The molecular weight excluding hydrogens is 438 g/mol. The molecule has 3 aromatic carbocycles. The molecule has 7 nitrogen and oxygen atoms in total. The van der Waals surface area contributed by atoms with Crippen molar-refractivity contribution in [2.45, 2.75) is 40.0 Å². The van der Waals surface area contributed by atoms with E-state index in [1.165, 1.54) is 0 Å². The molecule has 1 saturated heterocycles. The highest BCUT2D eigenvalue weighted by Gasteiger charge is 2.21. The normalized spacial score (nSPS) is 12.6. The minimum absolute atomic E-state index is 0.140. The van der Waals surface area contributed by atoms with Crippen LogP contribution in [0.4, 0.5) is 27.5 Å². The number of anilines is 4. The van der Waals surface area contributed by atoms with E-state index in [9.17, 15) is 14.9 Å². The second-order valence-corrected chi connectivity index (χ2v) is 7.90. The number of nitrogens with zero attached hydrogens (tertiary/aromatic N) is 3. The number of nitrogens with one attached hydrogen (secondary N) is 2. The Labute approximate surface area is 207 Å². The third-order valence-electron chi connectivity index (χ3n) is 5.53. The molecule has 0 spiro atoms. The maximum absolute atomic E-state index is 12.9. The molecule has 35 heavy (non-hydrogen) atoms. The van der Waals surface area contributed by atoms with Gasteiger partial charge in [-0.3, -0.25) is 9.80 Å². The van der Waals surface area contributed by atoms with Crippen molar-refractivity contribution in [3.05, 3.63) is 83.9 Å². The number of carbonyl (C=O) groups excluding carboxylic acids is 2. The van der Waals surface area contributed by atoms with E-state index in [-0.39, 0.29) is 5.91 Å². The predicted molar refractivity (Wildman–Crippen MR) is 141 cm³/mol. The van der Waals surface area contributed by atoms with Crippen molar-refractivity contribution < 1.29 is 9.59 Å². The van der Waals surface area contributed by atoms with Gasteiger partial charge in [-0.1, -0.05) is 38.1 Å². The molecule has 0 atom stereocenters. The number of rotatable bonds is 5. The van der Waals surface area contributed by atoms with Crippen LogP contribution in [0.2, 0.25) is 0 Å². The molecule has 0 aromatic heterocycles. The monoisotopic (exact) mass is 469 g/mol. The van der Waals surface area contributed by atoms with Crippen LogP contribution in [0.3, 0.4) is 0 Å². The fourth-order valence-corrected chi connectivity index (χ4v) is 3.93. The van der Waals surface area contributed by atoms with Crippen LogP contribution in [0.15, 0.2) is 72.8 Å². The lowest BCUT2D eigenvalue weighted by Gasteiger charge is -2.28. The lowest BCUT2D eigenvalue weighted by atomic mass is 10.1. The van der Waals surface area contributed by atoms with Crippen LogP contribution in [0.1, 0.15) is 44.2 Å². The Morgan fingerprint density at radius 1 is 0.971 bits per heavy atom. The maximum Gasteiger partial charge on any atom is 0.338 e. The zero-order chi connectivity index (χ0) is 25.2. The Kier molecular flexibility index (Phi) is 8.85. The summed E-state index contributed by atoms with van der Waals surface area (Å²) in [6.07, 6.45) is 2.50. The summed E-state index contributed by atoms with van der Waals surface area (Å²) in [6, 6.07) is 23.6. The zero-order valence-corrected chi connectivity index (χ0v) is 20.4. The molecule has 0 radical (unpaired) electrons. The van der Waals surface area contributed by atoms with E-state index in [1.807, 2.05) is 74.2 Å². The lowest BCUT2D eigenvalue weighted by Crippen LogP contribution is -2.41. The highest BCUT2D eigenvalue weighted by Crippen LogP contribution is 2.28. The van der Waals surface area contributed by atoms with Gasteiger partial charge in [-0.05, 0) is 73.9 Å². The summed E-state index contributed by atoms with van der Waals surface area (Å²) in [6.45, 7) is 6.66. The number of piperidine rings is 1. The molecule has 3 aromatic rings. The fraction of sp³-hybridized carbons (Fsp3) is 0.250. The SMILES string of the molecule is CC.Cc1cc(NC(=O)NN(c2ccccc2)c2cccc(C#N)c2)ccc1N1CCCCC1=O. The van der Waals surface area contributed by atoms with Crippen molar-refractivity contribution in [1.82, 2.24) is 5.43 Å². The molecule has 1 aliphatic rings. The summed E-state index contributed by atoms with van der Waals surface area (Å²) in [7, 11) is 0. The summed E-state index contributed by atoms with van der Waals surface area (Å²) >= 11 is 0. The largest absolute Gasteiger partial charge is 0.338 e. The minimum Gasteiger partial charge on any atom is -0.312 e. The van der Waals surface area contributed by atoms with E-state index in [1.54, 1.807) is 29.3 Å². The van der Waals surface area contributed by atoms with Crippen LogP contribution < -0.4 is 20.7 Å². The highest BCUT2D eigenvalue weighted by atomic mass is 16.2. The van der Waals surface area contributed by atoms with Gasteiger partial charge in [0, 0.05) is 24.3 Å². The molecule has 0 aliphatic carbocycles. The first kappa shape index (κ1) is 25.3. The number of carbonyl (C=O) groups is 2. The summed E-state index contributed by atoms with van der Waals surface area (Å²) < 4.78 is 0.